The molecule has 8 nitrogen and oxygen atoms in total. The zero-order valence-corrected chi connectivity index (χ0v) is 18.8. The fourth-order valence-corrected chi connectivity index (χ4v) is 2.62. The van der Waals surface area contributed by atoms with Crippen LogP contribution in [-0.2, 0) is 11.2 Å². The number of ether oxygens (including phenoxy) is 1. The van der Waals surface area contributed by atoms with E-state index in [1.54, 1.807) is 7.11 Å². The summed E-state index contributed by atoms with van der Waals surface area (Å²) in [6, 6.07) is 5.91. The third kappa shape index (κ3) is 8.39. The van der Waals surface area contributed by atoms with Gasteiger partial charge in [0.25, 0.3) is 0 Å². The lowest BCUT2D eigenvalue weighted by atomic mass is 10.4. The number of likely N-dealkylation sites (N-methyl/N-ethyl adjacent to an activating group) is 1. The Bertz CT molecular complexity index is 677. The normalized spacial score (nSPS) is 11.6. The molecule has 2 heterocycles. The van der Waals surface area contributed by atoms with Crippen LogP contribution in [0.25, 0.3) is 5.65 Å². The molecule has 0 atom stereocenters. The quantitative estimate of drug-likeness (QED) is 0.215. The highest BCUT2D eigenvalue weighted by Gasteiger charge is 2.05. The summed E-state index contributed by atoms with van der Waals surface area (Å²) >= 11 is 0. The second-order valence-electron chi connectivity index (χ2n) is 6.13. The minimum atomic E-state index is 0. The van der Waals surface area contributed by atoms with Gasteiger partial charge in [0.05, 0.1) is 6.54 Å². The highest BCUT2D eigenvalue weighted by atomic mass is 127. The van der Waals surface area contributed by atoms with Crippen molar-refractivity contribution in [3.63, 3.8) is 0 Å². The summed E-state index contributed by atoms with van der Waals surface area (Å²) in [6.07, 6.45) is 3.82. The summed E-state index contributed by atoms with van der Waals surface area (Å²) < 4.78 is 7.10. The van der Waals surface area contributed by atoms with Crippen LogP contribution in [-0.4, -0.2) is 78.9 Å². The molecule has 0 aromatic carbocycles. The maximum atomic E-state index is 5.08. The SMILES string of the molecule is CCNC(=NCCN(C)CCCOC)NCCc1nnc2ccccn12.I. The molecular formula is C18H32IN7O. The number of fused-ring (bicyclic) bond motifs is 1. The summed E-state index contributed by atoms with van der Waals surface area (Å²) in [7, 11) is 3.85. The van der Waals surface area contributed by atoms with E-state index in [-0.39, 0.29) is 24.0 Å². The maximum Gasteiger partial charge on any atom is 0.191 e. The standard InChI is InChI=1S/C18H31N7O.HI/c1-4-19-18(21-11-14-24(2)12-7-15-26-3)20-10-9-17-23-22-16-8-5-6-13-25(16)17;/h5-6,8,13H,4,7,9-12,14-15H2,1-3H3,(H2,19,20,21);1H. The van der Waals surface area contributed by atoms with Gasteiger partial charge in [-0.15, -0.1) is 34.2 Å². The van der Waals surface area contributed by atoms with E-state index in [1.807, 2.05) is 28.8 Å². The highest BCUT2D eigenvalue weighted by Crippen LogP contribution is 2.02. The second kappa shape index (κ2) is 13.7. The average Bonchev–Trinajstić information content (AvgIpc) is 3.05. The monoisotopic (exact) mass is 489 g/mol. The third-order valence-electron chi connectivity index (χ3n) is 4.01. The second-order valence-corrected chi connectivity index (χ2v) is 6.13. The Kier molecular flexibility index (Phi) is 11.9. The molecule has 0 amide bonds. The van der Waals surface area contributed by atoms with Crippen LogP contribution in [0.5, 0.6) is 0 Å². The molecule has 0 saturated carbocycles. The number of rotatable bonds is 11. The van der Waals surface area contributed by atoms with Crippen LogP contribution >= 0.6 is 24.0 Å². The first-order chi connectivity index (χ1) is 12.7. The molecule has 0 fully saturated rings. The Labute approximate surface area is 178 Å². The zero-order valence-electron chi connectivity index (χ0n) is 16.5. The van der Waals surface area contributed by atoms with Crippen LogP contribution < -0.4 is 10.6 Å². The first kappa shape index (κ1) is 23.6. The van der Waals surface area contributed by atoms with E-state index < -0.39 is 0 Å². The van der Waals surface area contributed by atoms with Crippen LogP contribution in [0.4, 0.5) is 0 Å². The Hall–Kier alpha value is -1.46. The van der Waals surface area contributed by atoms with Crippen molar-refractivity contribution in [1.29, 1.82) is 0 Å². The molecule has 0 aliphatic rings. The molecule has 2 rings (SSSR count). The first-order valence-corrected chi connectivity index (χ1v) is 9.23. The van der Waals surface area contributed by atoms with Crippen LogP contribution in [0.2, 0.25) is 0 Å². The van der Waals surface area contributed by atoms with E-state index in [9.17, 15) is 0 Å². The minimum Gasteiger partial charge on any atom is -0.385 e. The van der Waals surface area contributed by atoms with Gasteiger partial charge in [0.2, 0.25) is 0 Å². The summed E-state index contributed by atoms with van der Waals surface area (Å²) in [5.41, 5.74) is 0.875. The van der Waals surface area contributed by atoms with E-state index in [4.69, 9.17) is 4.74 Å². The molecule has 0 aliphatic carbocycles. The summed E-state index contributed by atoms with van der Waals surface area (Å²) in [5, 5.41) is 15.1. The fourth-order valence-electron chi connectivity index (χ4n) is 2.62. The van der Waals surface area contributed by atoms with Gasteiger partial charge in [-0.1, -0.05) is 6.07 Å². The van der Waals surface area contributed by atoms with Gasteiger partial charge >= 0.3 is 0 Å². The number of halogens is 1. The highest BCUT2D eigenvalue weighted by molar-refractivity contribution is 14.0. The largest absolute Gasteiger partial charge is 0.385 e. The van der Waals surface area contributed by atoms with Crippen molar-refractivity contribution in [2.45, 2.75) is 19.8 Å². The lowest BCUT2D eigenvalue weighted by Gasteiger charge is -2.16. The number of pyridine rings is 1. The molecule has 0 radical (unpaired) electrons. The Morgan fingerprint density at radius 3 is 2.89 bits per heavy atom. The number of hydrogen-bond acceptors (Lipinski definition) is 5. The molecule has 152 valence electrons. The Morgan fingerprint density at radius 2 is 2.11 bits per heavy atom. The van der Waals surface area contributed by atoms with Gasteiger partial charge < -0.3 is 20.3 Å². The van der Waals surface area contributed by atoms with Crippen molar-refractivity contribution in [2.75, 3.05) is 53.5 Å². The fraction of sp³-hybridized carbons (Fsp3) is 0.611. The number of nitrogens with zero attached hydrogens (tertiary/aromatic N) is 5. The number of hydrogen-bond donors (Lipinski definition) is 2. The molecule has 2 aromatic rings. The van der Waals surface area contributed by atoms with Gasteiger partial charge in [0, 0.05) is 52.5 Å². The number of methoxy groups -OCH3 is 1. The van der Waals surface area contributed by atoms with Crippen molar-refractivity contribution in [3.8, 4) is 0 Å². The minimum absolute atomic E-state index is 0. The summed E-state index contributed by atoms with van der Waals surface area (Å²) in [5.74, 6) is 1.79. The van der Waals surface area contributed by atoms with Crippen molar-refractivity contribution in [3.05, 3.63) is 30.2 Å². The molecule has 9 heteroatoms. The first-order valence-electron chi connectivity index (χ1n) is 9.23. The summed E-state index contributed by atoms with van der Waals surface area (Å²) in [4.78, 5) is 6.91. The van der Waals surface area contributed by atoms with Crippen molar-refractivity contribution >= 4 is 35.6 Å². The molecule has 0 saturated heterocycles. The van der Waals surface area contributed by atoms with Crippen molar-refractivity contribution in [1.82, 2.24) is 30.1 Å². The predicted molar refractivity (Wildman–Crippen MR) is 120 cm³/mol. The number of aliphatic imine (C=N–C) groups is 1. The lowest BCUT2D eigenvalue weighted by molar-refractivity contribution is 0.180. The molecule has 0 spiro atoms. The molecule has 27 heavy (non-hydrogen) atoms. The molecule has 2 aromatic heterocycles. The number of guanidine groups is 1. The van der Waals surface area contributed by atoms with Gasteiger partial charge in [-0.2, -0.15) is 0 Å². The van der Waals surface area contributed by atoms with Gasteiger partial charge in [-0.05, 0) is 32.5 Å². The number of nitrogens with one attached hydrogen (secondary N) is 2. The summed E-state index contributed by atoms with van der Waals surface area (Å²) in [6.45, 7) is 7.17. The van der Waals surface area contributed by atoms with E-state index in [1.165, 1.54) is 0 Å². The van der Waals surface area contributed by atoms with Crippen LogP contribution in [0.15, 0.2) is 29.4 Å². The van der Waals surface area contributed by atoms with E-state index in [0.29, 0.717) is 0 Å². The van der Waals surface area contributed by atoms with E-state index in [2.05, 4.69) is 44.7 Å². The molecular weight excluding hydrogens is 457 g/mol. The lowest BCUT2D eigenvalue weighted by Crippen LogP contribution is -2.39. The van der Waals surface area contributed by atoms with Crippen LogP contribution in [0, 0.1) is 0 Å². The number of aromatic nitrogens is 3. The smallest absolute Gasteiger partial charge is 0.191 e. The predicted octanol–water partition coefficient (Wildman–Crippen LogP) is 1.41. The van der Waals surface area contributed by atoms with E-state index in [0.717, 1.165) is 69.6 Å². The van der Waals surface area contributed by atoms with Crippen LogP contribution in [0.3, 0.4) is 0 Å². The van der Waals surface area contributed by atoms with Gasteiger partial charge in [-0.3, -0.25) is 9.39 Å². The Balaban J connectivity index is 0.00000364. The van der Waals surface area contributed by atoms with E-state index >= 15 is 0 Å². The maximum absolute atomic E-state index is 5.08. The Morgan fingerprint density at radius 1 is 1.26 bits per heavy atom. The third-order valence-corrected chi connectivity index (χ3v) is 4.01. The topological polar surface area (TPSA) is 79.1 Å². The van der Waals surface area contributed by atoms with Crippen molar-refractivity contribution in [2.24, 2.45) is 4.99 Å². The molecule has 0 bridgehead atoms. The van der Waals surface area contributed by atoms with Gasteiger partial charge in [0.15, 0.2) is 11.6 Å². The van der Waals surface area contributed by atoms with Crippen molar-refractivity contribution < 1.29 is 4.74 Å². The van der Waals surface area contributed by atoms with Crippen LogP contribution in [0.1, 0.15) is 19.2 Å². The molecule has 0 unspecified atom stereocenters. The van der Waals surface area contributed by atoms with Gasteiger partial charge in [0.1, 0.15) is 5.82 Å². The molecule has 0 aliphatic heterocycles. The average molecular weight is 489 g/mol. The van der Waals surface area contributed by atoms with Gasteiger partial charge in [-0.25, -0.2) is 0 Å². The molecule has 2 N–H and O–H groups in total. The zero-order chi connectivity index (χ0) is 18.6.